The molecule has 1 aliphatic rings. The summed E-state index contributed by atoms with van der Waals surface area (Å²) >= 11 is 0. The Labute approximate surface area is 121 Å². The SMILES string of the molecule is Cn1c(=O)oc2cc(B3OC(C)(C)C(C)(C)O3)cc(F)c21. The molecule has 0 unspecified atom stereocenters. The van der Waals surface area contributed by atoms with Gasteiger partial charge in [-0.05, 0) is 45.3 Å². The molecular weight excluding hydrogens is 276 g/mol. The minimum Gasteiger partial charge on any atom is -0.408 e. The molecule has 1 aromatic carbocycles. The lowest BCUT2D eigenvalue weighted by Gasteiger charge is -2.32. The largest absolute Gasteiger partial charge is 0.495 e. The molecule has 2 aromatic rings. The van der Waals surface area contributed by atoms with Crippen LogP contribution in [0.3, 0.4) is 0 Å². The van der Waals surface area contributed by atoms with Gasteiger partial charge in [0.15, 0.2) is 11.4 Å². The minimum atomic E-state index is -0.695. The van der Waals surface area contributed by atoms with Crippen LogP contribution in [0.5, 0.6) is 0 Å². The second kappa shape index (κ2) is 4.21. The Balaban J connectivity index is 2.09. The lowest BCUT2D eigenvalue weighted by molar-refractivity contribution is 0.00578. The minimum absolute atomic E-state index is 0.139. The highest BCUT2D eigenvalue weighted by atomic mass is 19.1. The fourth-order valence-corrected chi connectivity index (χ4v) is 2.37. The van der Waals surface area contributed by atoms with E-state index in [2.05, 4.69) is 0 Å². The van der Waals surface area contributed by atoms with Crippen molar-refractivity contribution >= 4 is 23.7 Å². The van der Waals surface area contributed by atoms with E-state index in [4.69, 9.17) is 13.7 Å². The van der Waals surface area contributed by atoms with E-state index in [1.165, 1.54) is 13.1 Å². The fraction of sp³-hybridized carbons (Fsp3) is 0.500. The number of rotatable bonds is 1. The van der Waals surface area contributed by atoms with Crippen LogP contribution in [0, 0.1) is 5.82 Å². The number of nitrogens with zero attached hydrogens (tertiary/aromatic N) is 1. The van der Waals surface area contributed by atoms with E-state index in [0.29, 0.717) is 5.46 Å². The van der Waals surface area contributed by atoms with Crippen molar-refractivity contribution in [2.45, 2.75) is 38.9 Å². The van der Waals surface area contributed by atoms with Crippen LogP contribution in [0.25, 0.3) is 11.1 Å². The molecule has 1 aromatic heterocycles. The van der Waals surface area contributed by atoms with Gasteiger partial charge in [0.05, 0.1) is 11.2 Å². The lowest BCUT2D eigenvalue weighted by atomic mass is 9.79. The van der Waals surface area contributed by atoms with E-state index >= 15 is 0 Å². The van der Waals surface area contributed by atoms with Crippen molar-refractivity contribution in [2.24, 2.45) is 7.05 Å². The van der Waals surface area contributed by atoms with Gasteiger partial charge in [-0.3, -0.25) is 4.57 Å². The monoisotopic (exact) mass is 293 g/mol. The van der Waals surface area contributed by atoms with Crippen molar-refractivity contribution in [3.05, 3.63) is 28.5 Å². The van der Waals surface area contributed by atoms with Gasteiger partial charge in [0, 0.05) is 7.05 Å². The van der Waals surface area contributed by atoms with Gasteiger partial charge in [0.1, 0.15) is 5.52 Å². The molecule has 1 fully saturated rings. The van der Waals surface area contributed by atoms with Crippen molar-refractivity contribution in [1.82, 2.24) is 4.57 Å². The number of benzene rings is 1. The summed E-state index contributed by atoms with van der Waals surface area (Å²) in [5.41, 5.74) is -0.207. The number of hydrogen-bond donors (Lipinski definition) is 0. The molecule has 0 bridgehead atoms. The van der Waals surface area contributed by atoms with E-state index in [1.807, 2.05) is 27.7 Å². The Morgan fingerprint density at radius 3 is 2.29 bits per heavy atom. The van der Waals surface area contributed by atoms with Gasteiger partial charge >= 0.3 is 12.9 Å². The van der Waals surface area contributed by atoms with Gasteiger partial charge in [-0.2, -0.15) is 0 Å². The van der Waals surface area contributed by atoms with Crippen molar-refractivity contribution in [1.29, 1.82) is 0 Å². The molecule has 1 saturated heterocycles. The summed E-state index contributed by atoms with van der Waals surface area (Å²) in [5, 5.41) is 0. The van der Waals surface area contributed by atoms with E-state index < -0.39 is 29.9 Å². The number of halogens is 1. The molecule has 5 nitrogen and oxygen atoms in total. The summed E-state index contributed by atoms with van der Waals surface area (Å²) in [6, 6.07) is 2.90. The Hall–Kier alpha value is -1.60. The highest BCUT2D eigenvalue weighted by molar-refractivity contribution is 6.62. The van der Waals surface area contributed by atoms with Crippen LogP contribution in [0.1, 0.15) is 27.7 Å². The molecule has 2 heterocycles. The van der Waals surface area contributed by atoms with Crippen LogP contribution in [-0.4, -0.2) is 22.9 Å². The standard InChI is InChI=1S/C14H17BFNO4/c1-13(2)14(3,4)21-15(20-13)8-6-9(16)11-10(7-8)19-12(18)17(11)5/h6-7H,1-5H3. The quantitative estimate of drug-likeness (QED) is 0.749. The molecular formula is C14H17BFNO4. The Morgan fingerprint density at radius 2 is 1.71 bits per heavy atom. The Bertz CT molecular complexity index is 761. The Morgan fingerprint density at radius 1 is 1.14 bits per heavy atom. The molecule has 0 aliphatic carbocycles. The summed E-state index contributed by atoms with van der Waals surface area (Å²) in [6.07, 6.45) is 0. The number of oxazole rings is 1. The van der Waals surface area contributed by atoms with Gasteiger partial charge in [-0.1, -0.05) is 0 Å². The zero-order valence-electron chi connectivity index (χ0n) is 12.7. The van der Waals surface area contributed by atoms with Gasteiger partial charge in [-0.15, -0.1) is 0 Å². The van der Waals surface area contributed by atoms with Crippen LogP contribution in [0.15, 0.2) is 21.3 Å². The van der Waals surface area contributed by atoms with Crippen molar-refractivity contribution in [3.8, 4) is 0 Å². The van der Waals surface area contributed by atoms with Gasteiger partial charge < -0.3 is 13.7 Å². The number of aryl methyl sites for hydroxylation is 1. The summed E-state index contributed by atoms with van der Waals surface area (Å²) < 4.78 is 32.2. The first-order chi connectivity index (χ1) is 9.62. The molecule has 21 heavy (non-hydrogen) atoms. The first-order valence-electron chi connectivity index (χ1n) is 6.77. The number of hydrogen-bond acceptors (Lipinski definition) is 4. The van der Waals surface area contributed by atoms with E-state index in [0.717, 1.165) is 4.57 Å². The number of fused-ring (bicyclic) bond motifs is 1. The third-order valence-electron chi connectivity index (χ3n) is 4.38. The molecule has 0 amide bonds. The third kappa shape index (κ3) is 2.03. The van der Waals surface area contributed by atoms with E-state index in [-0.39, 0.29) is 11.1 Å². The summed E-state index contributed by atoms with van der Waals surface area (Å²) in [5.74, 6) is -1.14. The van der Waals surface area contributed by atoms with E-state index in [9.17, 15) is 9.18 Å². The molecule has 112 valence electrons. The highest BCUT2D eigenvalue weighted by Crippen LogP contribution is 2.36. The predicted octanol–water partition coefficient (Wildman–Crippen LogP) is 1.57. The molecule has 0 N–H and O–H groups in total. The van der Waals surface area contributed by atoms with Crippen molar-refractivity contribution in [2.75, 3.05) is 0 Å². The first kappa shape index (κ1) is 14.3. The summed E-state index contributed by atoms with van der Waals surface area (Å²) in [6.45, 7) is 7.68. The summed E-state index contributed by atoms with van der Waals surface area (Å²) in [7, 11) is 0.769. The van der Waals surface area contributed by atoms with Crippen LogP contribution in [0.2, 0.25) is 0 Å². The average Bonchev–Trinajstić information content (AvgIpc) is 2.74. The number of aromatic nitrogens is 1. The molecule has 0 spiro atoms. The maximum absolute atomic E-state index is 14.2. The van der Waals surface area contributed by atoms with Gasteiger partial charge in [-0.25, -0.2) is 9.18 Å². The topological polar surface area (TPSA) is 53.6 Å². The van der Waals surface area contributed by atoms with Crippen LogP contribution < -0.4 is 11.2 Å². The van der Waals surface area contributed by atoms with E-state index in [1.54, 1.807) is 6.07 Å². The second-order valence-electron chi connectivity index (χ2n) is 6.36. The van der Waals surface area contributed by atoms with Gasteiger partial charge in [0.2, 0.25) is 0 Å². The molecule has 1 aliphatic heterocycles. The third-order valence-corrected chi connectivity index (χ3v) is 4.38. The second-order valence-corrected chi connectivity index (χ2v) is 6.36. The molecule has 0 radical (unpaired) electrons. The predicted molar refractivity (Wildman–Crippen MR) is 77.1 cm³/mol. The lowest BCUT2D eigenvalue weighted by Crippen LogP contribution is -2.41. The summed E-state index contributed by atoms with van der Waals surface area (Å²) in [4.78, 5) is 11.5. The van der Waals surface area contributed by atoms with Crippen molar-refractivity contribution in [3.63, 3.8) is 0 Å². The van der Waals surface area contributed by atoms with Crippen molar-refractivity contribution < 1.29 is 18.1 Å². The van der Waals surface area contributed by atoms with Crippen LogP contribution in [0.4, 0.5) is 4.39 Å². The smallest absolute Gasteiger partial charge is 0.408 e. The molecule has 7 heteroatoms. The maximum Gasteiger partial charge on any atom is 0.495 e. The Kier molecular flexibility index (Phi) is 2.87. The normalized spacial score (nSPS) is 20.4. The zero-order valence-corrected chi connectivity index (χ0v) is 12.7. The van der Waals surface area contributed by atoms with Crippen LogP contribution >= 0.6 is 0 Å². The molecule has 0 saturated carbocycles. The maximum atomic E-state index is 14.2. The first-order valence-corrected chi connectivity index (χ1v) is 6.77. The van der Waals surface area contributed by atoms with Gasteiger partial charge in [0.25, 0.3) is 0 Å². The van der Waals surface area contributed by atoms with Crippen LogP contribution in [-0.2, 0) is 16.4 Å². The zero-order chi connectivity index (χ0) is 15.6. The molecule has 3 rings (SSSR count). The molecule has 0 atom stereocenters. The average molecular weight is 293 g/mol. The highest BCUT2D eigenvalue weighted by Gasteiger charge is 2.51. The fourth-order valence-electron chi connectivity index (χ4n) is 2.37.